The third-order valence-corrected chi connectivity index (χ3v) is 3.83. The number of unbranched alkanes of at least 4 members (excludes halogenated alkanes) is 1. The topological polar surface area (TPSA) is 66.4 Å². The number of amides is 1. The summed E-state index contributed by atoms with van der Waals surface area (Å²) >= 11 is 0. The van der Waals surface area contributed by atoms with Crippen LogP contribution in [0.2, 0.25) is 0 Å². The number of carboxylic acid groups (broad SMARTS) is 1. The maximum atomic E-state index is 12.0. The van der Waals surface area contributed by atoms with Crippen LogP contribution in [0.15, 0.2) is 24.3 Å². The Balaban J connectivity index is 1.71. The molecule has 0 bridgehead atoms. The van der Waals surface area contributed by atoms with Gasteiger partial charge in [-0.3, -0.25) is 9.59 Å². The van der Waals surface area contributed by atoms with E-state index < -0.39 is 5.97 Å². The van der Waals surface area contributed by atoms with Crippen molar-refractivity contribution >= 4 is 11.9 Å². The van der Waals surface area contributed by atoms with Crippen molar-refractivity contribution in [3.8, 4) is 0 Å². The summed E-state index contributed by atoms with van der Waals surface area (Å²) < 4.78 is 0. The van der Waals surface area contributed by atoms with Gasteiger partial charge in [0, 0.05) is 18.9 Å². The third-order valence-electron chi connectivity index (χ3n) is 3.83. The van der Waals surface area contributed by atoms with Crippen LogP contribution in [-0.4, -0.2) is 23.5 Å². The molecule has 2 N–H and O–H groups in total. The molecule has 108 valence electrons. The van der Waals surface area contributed by atoms with Crippen LogP contribution < -0.4 is 5.32 Å². The molecule has 1 aromatic carbocycles. The fraction of sp³-hybridized carbons (Fsp3) is 0.500. The summed E-state index contributed by atoms with van der Waals surface area (Å²) in [5.41, 5.74) is 2.52. The minimum atomic E-state index is -0.780. The maximum Gasteiger partial charge on any atom is 0.303 e. The lowest BCUT2D eigenvalue weighted by Gasteiger charge is -2.06. The Kier molecular flexibility index (Phi) is 4.77. The highest BCUT2D eigenvalue weighted by molar-refractivity contribution is 5.83. The van der Waals surface area contributed by atoms with Crippen molar-refractivity contribution in [2.24, 2.45) is 5.92 Å². The van der Waals surface area contributed by atoms with E-state index >= 15 is 0 Å². The van der Waals surface area contributed by atoms with E-state index in [0.29, 0.717) is 18.9 Å². The molecular formula is C16H21NO3. The summed E-state index contributed by atoms with van der Waals surface area (Å²) in [5.74, 6) is -0.225. The number of hydrogen-bond donors (Lipinski definition) is 2. The van der Waals surface area contributed by atoms with Crippen molar-refractivity contribution in [2.75, 3.05) is 6.54 Å². The molecule has 0 spiro atoms. The molecule has 4 heteroatoms. The van der Waals surface area contributed by atoms with Crippen LogP contribution in [0, 0.1) is 12.8 Å². The van der Waals surface area contributed by atoms with Crippen LogP contribution in [0.25, 0.3) is 0 Å². The first kappa shape index (κ1) is 14.6. The summed E-state index contributed by atoms with van der Waals surface area (Å²) in [4.78, 5) is 22.3. The molecule has 2 atom stereocenters. The zero-order valence-electron chi connectivity index (χ0n) is 11.8. The highest BCUT2D eigenvalue weighted by Gasteiger charge is 2.44. The predicted octanol–water partition coefficient (Wildman–Crippen LogP) is 2.47. The molecule has 0 radical (unpaired) electrons. The number of carbonyl (C=O) groups excluding carboxylic acids is 1. The molecular weight excluding hydrogens is 254 g/mol. The Morgan fingerprint density at radius 1 is 1.30 bits per heavy atom. The van der Waals surface area contributed by atoms with Crippen LogP contribution in [0.3, 0.4) is 0 Å². The predicted molar refractivity (Wildman–Crippen MR) is 76.5 cm³/mol. The van der Waals surface area contributed by atoms with E-state index in [1.54, 1.807) is 0 Å². The number of rotatable bonds is 7. The normalized spacial score (nSPS) is 20.4. The quantitative estimate of drug-likeness (QED) is 0.751. The van der Waals surface area contributed by atoms with Crippen molar-refractivity contribution in [1.29, 1.82) is 0 Å². The van der Waals surface area contributed by atoms with E-state index in [4.69, 9.17) is 5.11 Å². The molecule has 0 unspecified atom stereocenters. The monoisotopic (exact) mass is 275 g/mol. The molecule has 1 fully saturated rings. The SMILES string of the molecule is Cc1ccccc1[C@H]1C[C@@H]1C(=O)NCCCCC(=O)O. The fourth-order valence-electron chi connectivity index (χ4n) is 2.58. The van der Waals surface area contributed by atoms with Gasteiger partial charge in [0.05, 0.1) is 0 Å². The molecule has 4 nitrogen and oxygen atoms in total. The largest absolute Gasteiger partial charge is 0.481 e. The van der Waals surface area contributed by atoms with Crippen molar-refractivity contribution in [3.63, 3.8) is 0 Å². The first-order chi connectivity index (χ1) is 9.59. The summed E-state index contributed by atoms with van der Waals surface area (Å²) in [6.07, 6.45) is 2.43. The molecule has 1 saturated carbocycles. The number of aryl methyl sites for hydroxylation is 1. The third kappa shape index (κ3) is 3.83. The second kappa shape index (κ2) is 6.55. The average Bonchev–Trinajstić information content (AvgIpc) is 3.18. The zero-order valence-corrected chi connectivity index (χ0v) is 11.8. The van der Waals surface area contributed by atoms with Gasteiger partial charge in [-0.25, -0.2) is 0 Å². The number of carboxylic acids is 1. The molecule has 1 aliphatic carbocycles. The fourth-order valence-corrected chi connectivity index (χ4v) is 2.58. The van der Waals surface area contributed by atoms with Gasteiger partial charge < -0.3 is 10.4 Å². The maximum absolute atomic E-state index is 12.0. The lowest BCUT2D eigenvalue weighted by atomic mass is 10.0. The lowest BCUT2D eigenvalue weighted by molar-refractivity contribution is -0.137. The first-order valence-corrected chi connectivity index (χ1v) is 7.14. The number of nitrogens with one attached hydrogen (secondary N) is 1. The number of aliphatic carboxylic acids is 1. The molecule has 1 aliphatic rings. The second-order valence-corrected chi connectivity index (χ2v) is 5.45. The van der Waals surface area contributed by atoms with E-state index in [1.807, 2.05) is 12.1 Å². The Morgan fingerprint density at radius 2 is 2.05 bits per heavy atom. The van der Waals surface area contributed by atoms with Gasteiger partial charge in [-0.2, -0.15) is 0 Å². The Morgan fingerprint density at radius 3 is 2.75 bits per heavy atom. The highest BCUT2D eigenvalue weighted by Crippen LogP contribution is 2.48. The zero-order chi connectivity index (χ0) is 14.5. The van der Waals surface area contributed by atoms with Crippen molar-refractivity contribution < 1.29 is 14.7 Å². The summed E-state index contributed by atoms with van der Waals surface area (Å²) in [5, 5.41) is 11.4. The van der Waals surface area contributed by atoms with Gasteiger partial charge in [-0.15, -0.1) is 0 Å². The molecule has 0 aromatic heterocycles. The molecule has 0 heterocycles. The summed E-state index contributed by atoms with van der Waals surface area (Å²) in [6, 6.07) is 8.20. The molecule has 1 amide bonds. The molecule has 0 saturated heterocycles. The average molecular weight is 275 g/mol. The highest BCUT2D eigenvalue weighted by atomic mass is 16.4. The van der Waals surface area contributed by atoms with Gasteiger partial charge in [0.25, 0.3) is 0 Å². The number of hydrogen-bond acceptors (Lipinski definition) is 2. The summed E-state index contributed by atoms with van der Waals surface area (Å²) in [6.45, 7) is 2.65. The first-order valence-electron chi connectivity index (χ1n) is 7.14. The van der Waals surface area contributed by atoms with Crippen LogP contribution in [-0.2, 0) is 9.59 Å². The van der Waals surface area contributed by atoms with E-state index in [0.717, 1.165) is 12.8 Å². The van der Waals surface area contributed by atoms with Crippen LogP contribution in [0.5, 0.6) is 0 Å². The number of carbonyl (C=O) groups is 2. The molecule has 20 heavy (non-hydrogen) atoms. The van der Waals surface area contributed by atoms with E-state index in [9.17, 15) is 9.59 Å². The van der Waals surface area contributed by atoms with Crippen LogP contribution >= 0.6 is 0 Å². The molecule has 0 aliphatic heterocycles. The van der Waals surface area contributed by atoms with Crippen molar-refractivity contribution in [1.82, 2.24) is 5.32 Å². The second-order valence-electron chi connectivity index (χ2n) is 5.45. The number of benzene rings is 1. The van der Waals surface area contributed by atoms with Gasteiger partial charge in [0.15, 0.2) is 0 Å². The summed E-state index contributed by atoms with van der Waals surface area (Å²) in [7, 11) is 0. The Bertz CT molecular complexity index is 498. The Hall–Kier alpha value is -1.84. The van der Waals surface area contributed by atoms with E-state index in [2.05, 4.69) is 24.4 Å². The minimum Gasteiger partial charge on any atom is -0.481 e. The van der Waals surface area contributed by atoms with E-state index in [-0.39, 0.29) is 18.2 Å². The Labute approximate surface area is 119 Å². The van der Waals surface area contributed by atoms with Crippen molar-refractivity contribution in [3.05, 3.63) is 35.4 Å². The minimum absolute atomic E-state index is 0.0931. The molecule has 2 rings (SSSR count). The van der Waals surface area contributed by atoms with Gasteiger partial charge in [0.2, 0.25) is 5.91 Å². The lowest BCUT2D eigenvalue weighted by Crippen LogP contribution is -2.26. The van der Waals surface area contributed by atoms with E-state index in [1.165, 1.54) is 11.1 Å². The van der Waals surface area contributed by atoms with Crippen LogP contribution in [0.1, 0.15) is 42.7 Å². The van der Waals surface area contributed by atoms with Gasteiger partial charge in [-0.1, -0.05) is 24.3 Å². The van der Waals surface area contributed by atoms with Gasteiger partial charge in [-0.05, 0) is 43.2 Å². The van der Waals surface area contributed by atoms with Crippen molar-refractivity contribution in [2.45, 2.75) is 38.5 Å². The molecule has 1 aromatic rings. The standard InChI is InChI=1S/C16H21NO3/c1-11-6-2-3-7-12(11)13-10-14(13)16(20)17-9-5-4-8-15(18)19/h2-3,6-7,13-14H,4-5,8-10H2,1H3,(H,17,20)(H,18,19)/t13-,14+/m1/s1. The van der Waals surface area contributed by atoms with Gasteiger partial charge in [0.1, 0.15) is 0 Å². The van der Waals surface area contributed by atoms with Crippen LogP contribution in [0.4, 0.5) is 0 Å². The van der Waals surface area contributed by atoms with Gasteiger partial charge >= 0.3 is 5.97 Å². The smallest absolute Gasteiger partial charge is 0.303 e.